The molecule has 10 heteroatoms. The van der Waals surface area contributed by atoms with Crippen LogP contribution >= 0.6 is 12.2 Å². The summed E-state index contributed by atoms with van der Waals surface area (Å²) in [5, 5.41) is 0. The minimum Gasteiger partial charge on any atom is -0.393 e. The van der Waals surface area contributed by atoms with Crippen molar-refractivity contribution in [3.63, 3.8) is 0 Å². The van der Waals surface area contributed by atoms with Gasteiger partial charge >= 0.3 is 0 Å². The zero-order chi connectivity index (χ0) is 15.6. The lowest BCUT2D eigenvalue weighted by molar-refractivity contribution is 0.556. The number of rotatable bonds is 6. The van der Waals surface area contributed by atoms with Gasteiger partial charge in [-0.3, -0.25) is 0 Å². The van der Waals surface area contributed by atoms with Crippen molar-refractivity contribution in [1.82, 2.24) is 4.72 Å². The second-order valence-corrected chi connectivity index (χ2v) is 8.25. The highest BCUT2D eigenvalue weighted by Gasteiger charge is 2.21. The van der Waals surface area contributed by atoms with Gasteiger partial charge in [-0.2, -0.15) is 0 Å². The van der Waals surface area contributed by atoms with Crippen molar-refractivity contribution in [2.75, 3.05) is 12.8 Å². The molecule has 0 unspecified atom stereocenters. The first kappa shape index (κ1) is 17.0. The van der Waals surface area contributed by atoms with Crippen LogP contribution in [-0.4, -0.2) is 34.6 Å². The fraction of sp³-hybridized carbons (Fsp3) is 0.300. The highest BCUT2D eigenvalue weighted by atomic mass is 32.2. The van der Waals surface area contributed by atoms with Gasteiger partial charge in [0.25, 0.3) is 0 Å². The molecule has 1 rings (SSSR count). The predicted molar refractivity (Wildman–Crippen MR) is 76.1 cm³/mol. The summed E-state index contributed by atoms with van der Waals surface area (Å²) in [7, 11) is -7.81. The van der Waals surface area contributed by atoms with Crippen LogP contribution in [-0.2, 0) is 19.9 Å². The molecule has 0 radical (unpaired) electrons. The molecule has 0 aliphatic heterocycles. The van der Waals surface area contributed by atoms with Crippen LogP contribution in [0.5, 0.6) is 0 Å². The van der Waals surface area contributed by atoms with Crippen LogP contribution < -0.4 is 10.5 Å². The van der Waals surface area contributed by atoms with Gasteiger partial charge in [0.15, 0.2) is 9.84 Å². The molecule has 0 atom stereocenters. The second-order valence-electron chi connectivity index (χ2n) is 3.98. The number of sulfone groups is 1. The lowest BCUT2D eigenvalue weighted by atomic mass is 10.3. The van der Waals surface area contributed by atoms with Crippen molar-refractivity contribution >= 4 is 37.1 Å². The number of hydrogen-bond acceptors (Lipinski definition) is 5. The minimum absolute atomic E-state index is 0.0970. The van der Waals surface area contributed by atoms with Crippen LogP contribution in [0.15, 0.2) is 28.0 Å². The van der Waals surface area contributed by atoms with Gasteiger partial charge < -0.3 is 5.73 Å². The molecular weight excluding hydrogens is 327 g/mol. The number of thiocarbonyl (C=S) groups is 1. The van der Waals surface area contributed by atoms with Gasteiger partial charge in [0.2, 0.25) is 10.0 Å². The van der Waals surface area contributed by atoms with E-state index in [4.69, 9.17) is 5.73 Å². The Morgan fingerprint density at radius 3 is 2.45 bits per heavy atom. The van der Waals surface area contributed by atoms with E-state index in [1.54, 1.807) is 0 Å². The SMILES string of the molecule is CS(=O)(=O)c1ccc(F)c(S(=O)(=O)NCCC(N)=S)c1. The Labute approximate surface area is 122 Å². The number of hydrogen-bond donors (Lipinski definition) is 2. The van der Waals surface area contributed by atoms with E-state index in [-0.39, 0.29) is 22.8 Å². The number of halogens is 1. The Morgan fingerprint density at radius 2 is 1.95 bits per heavy atom. The highest BCUT2D eigenvalue weighted by molar-refractivity contribution is 7.91. The van der Waals surface area contributed by atoms with E-state index in [2.05, 4.69) is 16.9 Å². The van der Waals surface area contributed by atoms with Crippen LogP contribution in [0.1, 0.15) is 6.42 Å². The van der Waals surface area contributed by atoms with Crippen LogP contribution in [0.25, 0.3) is 0 Å². The Balaban J connectivity index is 3.15. The molecule has 6 nitrogen and oxygen atoms in total. The molecule has 0 bridgehead atoms. The van der Waals surface area contributed by atoms with Gasteiger partial charge in [-0.25, -0.2) is 25.9 Å². The number of nitrogens with two attached hydrogens (primary N) is 1. The molecule has 0 heterocycles. The summed E-state index contributed by atoms with van der Waals surface area (Å²) in [6.07, 6.45) is 1.01. The smallest absolute Gasteiger partial charge is 0.243 e. The minimum atomic E-state index is -4.17. The standard InChI is InChI=1S/C10H13FN2O4S3/c1-19(14,15)7-2-3-8(11)9(6-7)20(16,17)13-5-4-10(12)18/h2-3,6,13H,4-5H2,1H3,(H2,12,18). The first-order valence-corrected chi connectivity index (χ1v) is 9.10. The van der Waals surface area contributed by atoms with Crippen molar-refractivity contribution < 1.29 is 21.2 Å². The largest absolute Gasteiger partial charge is 0.393 e. The Bertz CT molecular complexity index is 729. The fourth-order valence-electron chi connectivity index (χ4n) is 1.31. The van der Waals surface area contributed by atoms with Gasteiger partial charge in [0.05, 0.1) is 9.88 Å². The molecule has 112 valence electrons. The molecule has 1 aromatic carbocycles. The van der Waals surface area contributed by atoms with Gasteiger partial charge in [-0.05, 0) is 18.2 Å². The first-order valence-electron chi connectivity index (χ1n) is 5.31. The zero-order valence-electron chi connectivity index (χ0n) is 10.5. The lowest BCUT2D eigenvalue weighted by Crippen LogP contribution is -2.28. The van der Waals surface area contributed by atoms with Crippen molar-refractivity contribution in [1.29, 1.82) is 0 Å². The van der Waals surface area contributed by atoms with Crippen LogP contribution in [0.3, 0.4) is 0 Å². The van der Waals surface area contributed by atoms with Gasteiger partial charge in [0.1, 0.15) is 10.7 Å². The Hall–Kier alpha value is -1.10. The molecule has 0 spiro atoms. The molecule has 0 fully saturated rings. The maximum Gasteiger partial charge on any atom is 0.243 e. The summed E-state index contributed by atoms with van der Waals surface area (Å²) >= 11 is 4.59. The average Bonchev–Trinajstić information content (AvgIpc) is 2.26. The third-order valence-electron chi connectivity index (χ3n) is 2.28. The molecule has 0 aliphatic rings. The van der Waals surface area contributed by atoms with Crippen molar-refractivity contribution in [3.05, 3.63) is 24.0 Å². The highest BCUT2D eigenvalue weighted by Crippen LogP contribution is 2.19. The number of sulfonamides is 1. The molecule has 3 N–H and O–H groups in total. The molecule has 1 aromatic rings. The topological polar surface area (TPSA) is 106 Å². The summed E-state index contributed by atoms with van der Waals surface area (Å²) in [5.74, 6) is -1.04. The average molecular weight is 340 g/mol. The summed E-state index contributed by atoms with van der Waals surface area (Å²) in [6.45, 7) is -0.0970. The fourth-order valence-corrected chi connectivity index (χ4v) is 3.26. The molecule has 0 amide bonds. The van der Waals surface area contributed by atoms with E-state index in [9.17, 15) is 21.2 Å². The summed E-state index contributed by atoms with van der Waals surface area (Å²) in [5.41, 5.74) is 5.21. The quantitative estimate of drug-likeness (QED) is 0.565. The zero-order valence-corrected chi connectivity index (χ0v) is 12.9. The summed E-state index contributed by atoms with van der Waals surface area (Å²) < 4.78 is 62.1. The van der Waals surface area contributed by atoms with Crippen LogP contribution in [0, 0.1) is 5.82 Å². The van der Waals surface area contributed by atoms with E-state index in [0.717, 1.165) is 24.5 Å². The summed E-state index contributed by atoms with van der Waals surface area (Å²) in [6, 6.07) is 2.56. The molecule has 0 saturated carbocycles. The van der Waals surface area contributed by atoms with Gasteiger partial charge in [-0.15, -0.1) is 0 Å². The van der Waals surface area contributed by atoms with E-state index in [1.165, 1.54) is 0 Å². The van der Waals surface area contributed by atoms with Crippen molar-refractivity contribution in [2.24, 2.45) is 5.73 Å². The van der Waals surface area contributed by atoms with Crippen molar-refractivity contribution in [2.45, 2.75) is 16.2 Å². The third-order valence-corrected chi connectivity index (χ3v) is 5.07. The molecule has 20 heavy (non-hydrogen) atoms. The van der Waals surface area contributed by atoms with Gasteiger partial charge in [-0.1, -0.05) is 12.2 Å². The Kier molecular flexibility index (Phi) is 5.19. The second kappa shape index (κ2) is 6.12. The maximum atomic E-state index is 13.6. The lowest BCUT2D eigenvalue weighted by Gasteiger charge is -2.08. The van der Waals surface area contributed by atoms with Crippen LogP contribution in [0.4, 0.5) is 4.39 Å². The number of nitrogens with one attached hydrogen (secondary N) is 1. The van der Waals surface area contributed by atoms with E-state index >= 15 is 0 Å². The normalized spacial score (nSPS) is 12.3. The summed E-state index contributed by atoms with van der Waals surface area (Å²) in [4.78, 5) is -0.907. The molecular formula is C10H13FN2O4S3. The third kappa shape index (κ3) is 4.47. The van der Waals surface area contributed by atoms with Gasteiger partial charge in [0, 0.05) is 19.2 Å². The number of benzene rings is 1. The molecule has 0 aliphatic carbocycles. The van der Waals surface area contributed by atoms with Crippen molar-refractivity contribution in [3.8, 4) is 0 Å². The molecule has 0 aromatic heterocycles. The molecule has 0 saturated heterocycles. The monoisotopic (exact) mass is 340 g/mol. The maximum absolute atomic E-state index is 13.6. The van der Waals surface area contributed by atoms with E-state index in [1.807, 2.05) is 0 Å². The predicted octanol–water partition coefficient (Wildman–Crippen LogP) is 0.184. The Morgan fingerprint density at radius 1 is 1.35 bits per heavy atom. The van der Waals surface area contributed by atoms with E-state index in [0.29, 0.717) is 0 Å². The van der Waals surface area contributed by atoms with Crippen LogP contribution in [0.2, 0.25) is 0 Å². The van der Waals surface area contributed by atoms with E-state index < -0.39 is 30.6 Å². The first-order chi connectivity index (χ1) is 9.04.